The molecule has 0 aromatic heterocycles. The Labute approximate surface area is 172 Å². The molecule has 0 heterocycles. The van der Waals surface area contributed by atoms with Crippen LogP contribution >= 0.6 is 0 Å². The average molecular weight is 426 g/mol. The molecule has 0 aliphatic heterocycles. The van der Waals surface area contributed by atoms with Gasteiger partial charge in [0, 0.05) is 6.42 Å². The van der Waals surface area contributed by atoms with E-state index in [4.69, 9.17) is 10.8 Å². The van der Waals surface area contributed by atoms with Crippen molar-refractivity contribution in [1.82, 2.24) is 16.0 Å². The van der Waals surface area contributed by atoms with Crippen molar-refractivity contribution in [3.05, 3.63) is 29.8 Å². The van der Waals surface area contributed by atoms with E-state index in [1.54, 1.807) is 0 Å². The number of rotatable bonds is 11. The molecule has 3 amide bonds. The van der Waals surface area contributed by atoms with Crippen LogP contribution in [-0.4, -0.2) is 81.5 Å². The Bertz CT molecular complexity index is 753. The van der Waals surface area contributed by atoms with Gasteiger partial charge in [-0.05, 0) is 24.6 Å². The molecule has 0 saturated heterocycles. The van der Waals surface area contributed by atoms with Gasteiger partial charge in [-0.3, -0.25) is 19.2 Å². The van der Waals surface area contributed by atoms with E-state index >= 15 is 0 Å². The van der Waals surface area contributed by atoms with Crippen molar-refractivity contribution in [3.8, 4) is 5.75 Å². The van der Waals surface area contributed by atoms with E-state index in [-0.39, 0.29) is 12.2 Å². The Morgan fingerprint density at radius 3 is 2.07 bits per heavy atom. The van der Waals surface area contributed by atoms with Crippen molar-refractivity contribution in [1.29, 1.82) is 0 Å². The van der Waals surface area contributed by atoms with Gasteiger partial charge < -0.3 is 42.1 Å². The molecule has 0 fully saturated rings. The maximum Gasteiger partial charge on any atom is 0.322 e. The number of aromatic hydroxyl groups is 1. The van der Waals surface area contributed by atoms with E-state index in [1.165, 1.54) is 31.2 Å². The molecule has 9 N–H and O–H groups in total. The number of aliphatic hydroxyl groups is 2. The highest BCUT2D eigenvalue weighted by Crippen LogP contribution is 2.12. The van der Waals surface area contributed by atoms with Crippen LogP contribution in [0.25, 0.3) is 0 Å². The van der Waals surface area contributed by atoms with Gasteiger partial charge in [0.25, 0.3) is 0 Å². The summed E-state index contributed by atoms with van der Waals surface area (Å²) in [6.45, 7) is -0.222. The van der Waals surface area contributed by atoms with E-state index in [1.807, 2.05) is 5.32 Å². The van der Waals surface area contributed by atoms with Crippen molar-refractivity contribution < 1.29 is 39.6 Å². The fourth-order valence-electron chi connectivity index (χ4n) is 2.32. The number of nitrogens with two attached hydrogens (primary N) is 1. The van der Waals surface area contributed by atoms with Gasteiger partial charge in [-0.25, -0.2) is 0 Å². The number of carbonyl (C=O) groups excluding carboxylic acids is 3. The molecular formula is C18H26N4O8. The summed E-state index contributed by atoms with van der Waals surface area (Å²) in [6.07, 6.45) is -1.24. The zero-order chi connectivity index (χ0) is 22.8. The quantitative estimate of drug-likeness (QED) is 0.179. The predicted octanol–water partition coefficient (Wildman–Crippen LogP) is -3.19. The second kappa shape index (κ2) is 11.7. The number of carboxylic acid groups (broad SMARTS) is 1. The minimum atomic E-state index is -1.46. The fraction of sp³-hybridized carbons (Fsp3) is 0.444. The molecule has 0 bridgehead atoms. The van der Waals surface area contributed by atoms with Crippen molar-refractivity contribution in [2.45, 2.75) is 37.6 Å². The average Bonchev–Trinajstić information content (AvgIpc) is 2.70. The van der Waals surface area contributed by atoms with E-state index in [9.17, 15) is 34.5 Å². The lowest BCUT2D eigenvalue weighted by Gasteiger charge is -2.24. The van der Waals surface area contributed by atoms with Crippen LogP contribution in [0.2, 0.25) is 0 Å². The summed E-state index contributed by atoms with van der Waals surface area (Å²) in [5.41, 5.74) is 6.13. The molecule has 1 rings (SSSR count). The lowest BCUT2D eigenvalue weighted by molar-refractivity contribution is -0.139. The lowest BCUT2D eigenvalue weighted by Crippen LogP contribution is -2.58. The van der Waals surface area contributed by atoms with Crippen molar-refractivity contribution >= 4 is 23.7 Å². The largest absolute Gasteiger partial charge is 0.508 e. The zero-order valence-electron chi connectivity index (χ0n) is 16.2. The van der Waals surface area contributed by atoms with Crippen LogP contribution in [0.1, 0.15) is 12.5 Å². The highest BCUT2D eigenvalue weighted by atomic mass is 16.4. The molecule has 0 radical (unpaired) electrons. The van der Waals surface area contributed by atoms with Crippen LogP contribution in [0.4, 0.5) is 0 Å². The molecular weight excluding hydrogens is 400 g/mol. The molecule has 0 aliphatic rings. The Morgan fingerprint density at radius 1 is 1.00 bits per heavy atom. The lowest BCUT2D eigenvalue weighted by atomic mass is 10.0. The summed E-state index contributed by atoms with van der Waals surface area (Å²) in [5, 5.41) is 43.5. The topological polar surface area (TPSA) is 211 Å². The van der Waals surface area contributed by atoms with Gasteiger partial charge in [0.2, 0.25) is 17.7 Å². The summed E-state index contributed by atoms with van der Waals surface area (Å²) in [4.78, 5) is 47.4. The van der Waals surface area contributed by atoms with Crippen LogP contribution in [0.5, 0.6) is 5.75 Å². The second-order valence-electron chi connectivity index (χ2n) is 6.55. The van der Waals surface area contributed by atoms with Gasteiger partial charge in [0.05, 0.1) is 12.7 Å². The molecule has 4 unspecified atom stereocenters. The molecule has 166 valence electrons. The Kier molecular flexibility index (Phi) is 9.68. The fourth-order valence-corrected chi connectivity index (χ4v) is 2.32. The number of phenolic OH excluding ortho intramolecular Hbond substituents is 1. The number of carbonyl (C=O) groups is 4. The minimum Gasteiger partial charge on any atom is -0.508 e. The first kappa shape index (κ1) is 24.8. The monoisotopic (exact) mass is 426 g/mol. The highest BCUT2D eigenvalue weighted by molar-refractivity contribution is 5.94. The predicted molar refractivity (Wildman–Crippen MR) is 103 cm³/mol. The summed E-state index contributed by atoms with van der Waals surface area (Å²) in [6, 6.07) is 1.77. The standard InChI is InChI=1S/C18H26N4O8/c1-9(24)15(19)18(30)21-12(6-10-2-4-11(25)5-3-10)17(29)22-13(8-23)16(28)20-7-14(26)27/h2-5,9,12-13,15,23-25H,6-8,19H2,1H3,(H,20,28)(H,21,30)(H,22,29)(H,26,27). The highest BCUT2D eigenvalue weighted by Gasteiger charge is 2.29. The zero-order valence-corrected chi connectivity index (χ0v) is 16.2. The number of hydrogen-bond acceptors (Lipinski definition) is 8. The molecule has 0 aliphatic carbocycles. The van der Waals surface area contributed by atoms with Gasteiger partial charge in [-0.1, -0.05) is 12.1 Å². The number of hydrogen-bond donors (Lipinski definition) is 8. The first-order chi connectivity index (χ1) is 14.0. The number of aliphatic carboxylic acids is 1. The van der Waals surface area contributed by atoms with Gasteiger partial charge in [-0.2, -0.15) is 0 Å². The van der Waals surface area contributed by atoms with E-state index in [2.05, 4.69) is 10.6 Å². The normalized spacial score (nSPS) is 14.7. The summed E-state index contributed by atoms with van der Waals surface area (Å²) < 4.78 is 0. The molecule has 1 aromatic carbocycles. The summed E-state index contributed by atoms with van der Waals surface area (Å²) in [5.74, 6) is -3.91. The number of carboxylic acids is 1. The number of nitrogens with one attached hydrogen (secondary N) is 3. The molecule has 0 spiro atoms. The van der Waals surface area contributed by atoms with E-state index in [0.29, 0.717) is 5.56 Å². The molecule has 30 heavy (non-hydrogen) atoms. The van der Waals surface area contributed by atoms with E-state index in [0.717, 1.165) is 0 Å². The van der Waals surface area contributed by atoms with E-state index < -0.39 is 61.1 Å². The first-order valence-electron chi connectivity index (χ1n) is 8.97. The van der Waals surface area contributed by atoms with Gasteiger partial charge in [-0.15, -0.1) is 0 Å². The number of benzene rings is 1. The Hall–Kier alpha value is -3.22. The molecule has 12 heteroatoms. The smallest absolute Gasteiger partial charge is 0.322 e. The summed E-state index contributed by atoms with van der Waals surface area (Å²) >= 11 is 0. The third-order valence-electron chi connectivity index (χ3n) is 4.06. The number of phenols is 1. The Morgan fingerprint density at radius 2 is 1.57 bits per heavy atom. The SMILES string of the molecule is CC(O)C(N)C(=O)NC(Cc1ccc(O)cc1)C(=O)NC(CO)C(=O)NCC(=O)O. The third-order valence-corrected chi connectivity index (χ3v) is 4.06. The van der Waals surface area contributed by atoms with Crippen LogP contribution < -0.4 is 21.7 Å². The minimum absolute atomic E-state index is 0.00430. The molecule has 4 atom stereocenters. The second-order valence-corrected chi connectivity index (χ2v) is 6.55. The van der Waals surface area contributed by atoms with Crippen LogP contribution in [0, 0.1) is 0 Å². The van der Waals surface area contributed by atoms with Gasteiger partial charge in [0.1, 0.15) is 30.4 Å². The number of aliphatic hydroxyl groups excluding tert-OH is 2. The van der Waals surface area contributed by atoms with Crippen molar-refractivity contribution in [2.24, 2.45) is 5.73 Å². The maximum atomic E-state index is 12.7. The number of amides is 3. The molecule has 12 nitrogen and oxygen atoms in total. The van der Waals surface area contributed by atoms with Crippen molar-refractivity contribution in [3.63, 3.8) is 0 Å². The van der Waals surface area contributed by atoms with Crippen LogP contribution in [0.15, 0.2) is 24.3 Å². The molecule has 1 aromatic rings. The Balaban J connectivity index is 2.95. The molecule has 0 saturated carbocycles. The van der Waals surface area contributed by atoms with Crippen LogP contribution in [0.3, 0.4) is 0 Å². The van der Waals surface area contributed by atoms with Crippen LogP contribution in [-0.2, 0) is 25.6 Å². The summed E-state index contributed by atoms with van der Waals surface area (Å²) in [7, 11) is 0. The van der Waals surface area contributed by atoms with Gasteiger partial charge in [0.15, 0.2) is 0 Å². The van der Waals surface area contributed by atoms with Crippen molar-refractivity contribution in [2.75, 3.05) is 13.2 Å². The first-order valence-corrected chi connectivity index (χ1v) is 8.97. The third kappa shape index (κ3) is 8.03. The van der Waals surface area contributed by atoms with Gasteiger partial charge >= 0.3 is 5.97 Å². The maximum absolute atomic E-state index is 12.7.